The summed E-state index contributed by atoms with van der Waals surface area (Å²) in [5.74, 6) is 0.655. The number of carbonyl (C=O) groups excluding carboxylic acids is 1. The molecular weight excluding hydrogens is 236 g/mol. The van der Waals surface area contributed by atoms with Crippen LogP contribution in [0.1, 0.15) is 41.3 Å². The number of esters is 1. The van der Waals surface area contributed by atoms with Gasteiger partial charge in [0.25, 0.3) is 0 Å². The molecule has 0 N–H and O–H groups in total. The molecular formula is C17H18O2. The normalized spacial score (nSPS) is 10.5. The van der Waals surface area contributed by atoms with Gasteiger partial charge in [-0.2, -0.15) is 0 Å². The van der Waals surface area contributed by atoms with Crippen molar-refractivity contribution in [1.29, 1.82) is 0 Å². The second-order valence-electron chi connectivity index (χ2n) is 4.95. The fourth-order valence-corrected chi connectivity index (χ4v) is 1.98. The molecule has 2 aromatic rings. The van der Waals surface area contributed by atoms with Crippen molar-refractivity contribution in [2.24, 2.45) is 0 Å². The van der Waals surface area contributed by atoms with Crippen molar-refractivity contribution in [1.82, 2.24) is 0 Å². The van der Waals surface area contributed by atoms with Gasteiger partial charge in [-0.3, -0.25) is 0 Å². The molecule has 0 aliphatic rings. The Balaban J connectivity index is 2.24. The van der Waals surface area contributed by atoms with Gasteiger partial charge in [0, 0.05) is 0 Å². The minimum absolute atomic E-state index is 0.309. The SMILES string of the molecule is Cc1cccc(C(=O)Oc2ccccc2C(C)C)c1. The Hall–Kier alpha value is -2.09. The summed E-state index contributed by atoms with van der Waals surface area (Å²) in [5, 5.41) is 0. The molecule has 0 aliphatic carbocycles. The summed E-state index contributed by atoms with van der Waals surface area (Å²) in [6.07, 6.45) is 0. The molecule has 0 saturated heterocycles. The van der Waals surface area contributed by atoms with Crippen LogP contribution >= 0.6 is 0 Å². The fraction of sp³-hybridized carbons (Fsp3) is 0.235. The van der Waals surface area contributed by atoms with Crippen molar-refractivity contribution < 1.29 is 9.53 Å². The largest absolute Gasteiger partial charge is 0.423 e. The number of hydrogen-bond donors (Lipinski definition) is 0. The monoisotopic (exact) mass is 254 g/mol. The van der Waals surface area contributed by atoms with Crippen molar-refractivity contribution in [3.8, 4) is 5.75 Å². The third-order valence-corrected chi connectivity index (χ3v) is 3.00. The van der Waals surface area contributed by atoms with E-state index in [-0.39, 0.29) is 5.97 Å². The van der Waals surface area contributed by atoms with E-state index >= 15 is 0 Å². The molecule has 0 spiro atoms. The maximum Gasteiger partial charge on any atom is 0.343 e. The van der Waals surface area contributed by atoms with Gasteiger partial charge in [0.15, 0.2) is 0 Å². The lowest BCUT2D eigenvalue weighted by molar-refractivity contribution is 0.0732. The van der Waals surface area contributed by atoms with Crippen molar-refractivity contribution in [2.45, 2.75) is 26.7 Å². The third kappa shape index (κ3) is 3.22. The van der Waals surface area contributed by atoms with Gasteiger partial charge in [0.2, 0.25) is 0 Å². The van der Waals surface area contributed by atoms with Crippen LogP contribution in [0.25, 0.3) is 0 Å². The summed E-state index contributed by atoms with van der Waals surface area (Å²) in [4.78, 5) is 12.1. The number of benzene rings is 2. The van der Waals surface area contributed by atoms with Gasteiger partial charge < -0.3 is 4.74 Å². The zero-order valence-corrected chi connectivity index (χ0v) is 11.5. The third-order valence-electron chi connectivity index (χ3n) is 3.00. The van der Waals surface area contributed by atoms with Crippen molar-refractivity contribution >= 4 is 5.97 Å². The highest BCUT2D eigenvalue weighted by molar-refractivity contribution is 5.91. The molecule has 0 radical (unpaired) electrons. The molecule has 2 nitrogen and oxygen atoms in total. The summed E-state index contributed by atoms with van der Waals surface area (Å²) >= 11 is 0. The molecule has 0 heterocycles. The van der Waals surface area contributed by atoms with E-state index in [0.29, 0.717) is 17.2 Å². The molecule has 2 heteroatoms. The molecule has 0 bridgehead atoms. The standard InChI is InChI=1S/C17H18O2/c1-12(2)15-9-4-5-10-16(15)19-17(18)14-8-6-7-13(3)11-14/h4-12H,1-3H3. The van der Waals surface area contributed by atoms with E-state index in [9.17, 15) is 4.79 Å². The predicted octanol–water partition coefficient (Wildman–Crippen LogP) is 4.34. The molecule has 2 aromatic carbocycles. The Morgan fingerprint density at radius 2 is 1.79 bits per heavy atom. The van der Waals surface area contributed by atoms with Gasteiger partial charge in [-0.25, -0.2) is 4.79 Å². The van der Waals surface area contributed by atoms with E-state index in [1.54, 1.807) is 6.07 Å². The summed E-state index contributed by atoms with van der Waals surface area (Å²) in [6, 6.07) is 15.1. The van der Waals surface area contributed by atoms with Crippen LogP contribution in [-0.2, 0) is 0 Å². The Labute approximate surface area is 114 Å². The number of carbonyl (C=O) groups is 1. The molecule has 0 atom stereocenters. The van der Waals surface area contributed by atoms with Crippen LogP contribution in [0.2, 0.25) is 0 Å². The van der Waals surface area contributed by atoms with E-state index < -0.39 is 0 Å². The average Bonchev–Trinajstić information content (AvgIpc) is 2.39. The predicted molar refractivity (Wildman–Crippen MR) is 76.7 cm³/mol. The Morgan fingerprint density at radius 3 is 2.47 bits per heavy atom. The fourth-order valence-electron chi connectivity index (χ4n) is 1.98. The van der Waals surface area contributed by atoms with Crippen LogP contribution < -0.4 is 4.74 Å². The van der Waals surface area contributed by atoms with Crippen LogP contribution in [0, 0.1) is 6.92 Å². The van der Waals surface area contributed by atoms with Crippen molar-refractivity contribution in [2.75, 3.05) is 0 Å². The minimum Gasteiger partial charge on any atom is -0.423 e. The van der Waals surface area contributed by atoms with E-state index in [0.717, 1.165) is 11.1 Å². The van der Waals surface area contributed by atoms with Gasteiger partial charge in [-0.15, -0.1) is 0 Å². The van der Waals surface area contributed by atoms with Crippen molar-refractivity contribution in [3.63, 3.8) is 0 Å². The van der Waals surface area contributed by atoms with Gasteiger partial charge in [0.1, 0.15) is 5.75 Å². The molecule has 19 heavy (non-hydrogen) atoms. The van der Waals surface area contributed by atoms with E-state index in [1.807, 2.05) is 49.4 Å². The lowest BCUT2D eigenvalue weighted by Gasteiger charge is -2.12. The number of hydrogen-bond acceptors (Lipinski definition) is 2. The van der Waals surface area contributed by atoms with E-state index in [4.69, 9.17) is 4.74 Å². The maximum absolute atomic E-state index is 12.1. The van der Waals surface area contributed by atoms with E-state index in [1.165, 1.54) is 0 Å². The Bertz CT molecular complexity index is 585. The van der Waals surface area contributed by atoms with Crippen molar-refractivity contribution in [3.05, 3.63) is 65.2 Å². The van der Waals surface area contributed by atoms with Crippen LogP contribution in [0.5, 0.6) is 5.75 Å². The molecule has 0 amide bonds. The van der Waals surface area contributed by atoms with Gasteiger partial charge in [-0.05, 0) is 36.6 Å². The lowest BCUT2D eigenvalue weighted by atomic mass is 10.0. The Morgan fingerprint density at radius 1 is 1.05 bits per heavy atom. The zero-order chi connectivity index (χ0) is 13.8. The zero-order valence-electron chi connectivity index (χ0n) is 11.5. The molecule has 0 saturated carbocycles. The first kappa shape index (κ1) is 13.3. The lowest BCUT2D eigenvalue weighted by Crippen LogP contribution is -2.10. The molecule has 0 aromatic heterocycles. The molecule has 98 valence electrons. The number of aryl methyl sites for hydroxylation is 1. The molecule has 0 aliphatic heterocycles. The number of rotatable bonds is 3. The topological polar surface area (TPSA) is 26.3 Å². The molecule has 0 unspecified atom stereocenters. The first-order valence-electron chi connectivity index (χ1n) is 6.45. The van der Waals surface area contributed by atoms with Gasteiger partial charge in [0.05, 0.1) is 5.56 Å². The maximum atomic E-state index is 12.1. The second-order valence-corrected chi connectivity index (χ2v) is 4.95. The highest BCUT2D eigenvalue weighted by atomic mass is 16.5. The average molecular weight is 254 g/mol. The smallest absolute Gasteiger partial charge is 0.343 e. The number of para-hydroxylation sites is 1. The van der Waals surface area contributed by atoms with Gasteiger partial charge >= 0.3 is 5.97 Å². The summed E-state index contributed by atoms with van der Waals surface area (Å²) < 4.78 is 5.51. The van der Waals surface area contributed by atoms with E-state index in [2.05, 4.69) is 13.8 Å². The number of ether oxygens (including phenoxy) is 1. The van der Waals surface area contributed by atoms with Crippen LogP contribution in [0.3, 0.4) is 0 Å². The van der Waals surface area contributed by atoms with Crippen LogP contribution in [0.15, 0.2) is 48.5 Å². The first-order valence-corrected chi connectivity index (χ1v) is 6.45. The van der Waals surface area contributed by atoms with Gasteiger partial charge in [-0.1, -0.05) is 49.7 Å². The Kier molecular flexibility index (Phi) is 4.00. The highest BCUT2D eigenvalue weighted by Crippen LogP contribution is 2.26. The summed E-state index contributed by atoms with van der Waals surface area (Å²) in [5.41, 5.74) is 2.67. The highest BCUT2D eigenvalue weighted by Gasteiger charge is 2.12. The quantitative estimate of drug-likeness (QED) is 0.601. The first-order chi connectivity index (χ1) is 9.08. The van der Waals surface area contributed by atoms with Crippen LogP contribution in [0.4, 0.5) is 0 Å². The summed E-state index contributed by atoms with van der Waals surface area (Å²) in [7, 11) is 0. The van der Waals surface area contributed by atoms with Crippen LogP contribution in [-0.4, -0.2) is 5.97 Å². The molecule has 2 rings (SSSR count). The molecule has 0 fully saturated rings. The second kappa shape index (κ2) is 5.70. The summed E-state index contributed by atoms with van der Waals surface area (Å²) in [6.45, 7) is 6.12. The minimum atomic E-state index is -0.309.